The Labute approximate surface area is 113 Å². The van der Waals surface area contributed by atoms with Gasteiger partial charge in [-0.2, -0.15) is 0 Å². The summed E-state index contributed by atoms with van der Waals surface area (Å²) in [5.41, 5.74) is 1.28. The zero-order valence-corrected chi connectivity index (χ0v) is 11.1. The molecule has 2 rings (SSSR count). The molecule has 100 valence electrons. The number of nitrogens with zero attached hydrogens (tertiary/aromatic N) is 2. The van der Waals surface area contributed by atoms with Crippen LogP contribution in [0.5, 0.6) is 0 Å². The van der Waals surface area contributed by atoms with Gasteiger partial charge in [0.2, 0.25) is 0 Å². The summed E-state index contributed by atoms with van der Waals surface area (Å²) in [4.78, 5) is 18.0. The normalized spacial score (nSPS) is 13.6. The quantitative estimate of drug-likeness (QED) is 0.828. The number of amides is 1. The molecule has 0 spiro atoms. The van der Waals surface area contributed by atoms with E-state index in [1.807, 2.05) is 7.05 Å². The molecule has 4 nitrogen and oxygen atoms in total. The monoisotopic (exact) mass is 258 g/mol. The molecule has 0 atom stereocenters. The molecule has 1 aliphatic carbocycles. The third kappa shape index (κ3) is 4.08. The molecule has 1 N–H and O–H groups in total. The number of hydrogen-bond acceptors (Lipinski definition) is 3. The van der Waals surface area contributed by atoms with Gasteiger partial charge in [-0.05, 0) is 24.8 Å². The fourth-order valence-electron chi connectivity index (χ4n) is 1.84. The molecular formula is C15H18N2O2. The highest BCUT2D eigenvalue weighted by Crippen LogP contribution is 2.29. The van der Waals surface area contributed by atoms with E-state index in [4.69, 9.17) is 5.11 Å². The highest BCUT2D eigenvalue weighted by Gasteiger charge is 2.25. The first-order valence-corrected chi connectivity index (χ1v) is 6.51. The number of carbonyl (C=O) groups is 1. The average Bonchev–Trinajstić information content (AvgIpc) is 3.22. The summed E-state index contributed by atoms with van der Waals surface area (Å²) < 4.78 is 0. The maximum absolute atomic E-state index is 12.2. The molecule has 0 aliphatic heterocycles. The van der Waals surface area contributed by atoms with Gasteiger partial charge in [0.1, 0.15) is 0 Å². The smallest absolute Gasteiger partial charge is 0.255 e. The van der Waals surface area contributed by atoms with Gasteiger partial charge in [0.05, 0.1) is 12.2 Å². The molecule has 1 aliphatic rings. The highest BCUT2D eigenvalue weighted by molar-refractivity contribution is 5.94. The fraction of sp³-hybridized carbons (Fsp3) is 0.467. The SMILES string of the molecule is CN(CC1CC1)C(=O)c1cncc(C#CCCO)c1. The molecule has 1 heterocycles. The summed E-state index contributed by atoms with van der Waals surface area (Å²) in [5, 5.41) is 8.67. The third-order valence-electron chi connectivity index (χ3n) is 3.03. The largest absolute Gasteiger partial charge is 0.395 e. The molecule has 0 radical (unpaired) electrons. The molecule has 4 heteroatoms. The standard InChI is InChI=1S/C15H18N2O2/c1-17(11-12-5-6-12)15(19)14-8-13(9-16-10-14)4-2-3-7-18/h8-10,12,18H,3,5-7,11H2,1H3. The second-order valence-electron chi connectivity index (χ2n) is 4.87. The fourth-order valence-corrected chi connectivity index (χ4v) is 1.84. The van der Waals surface area contributed by atoms with Crippen LogP contribution in [0.3, 0.4) is 0 Å². The summed E-state index contributed by atoms with van der Waals surface area (Å²) in [6.07, 6.45) is 6.08. The van der Waals surface area contributed by atoms with E-state index in [1.165, 1.54) is 12.8 Å². The maximum Gasteiger partial charge on any atom is 0.255 e. The van der Waals surface area contributed by atoms with Crippen LogP contribution in [0.25, 0.3) is 0 Å². The summed E-state index contributed by atoms with van der Waals surface area (Å²) in [5.74, 6) is 6.38. The van der Waals surface area contributed by atoms with Gasteiger partial charge >= 0.3 is 0 Å². The van der Waals surface area contributed by atoms with Gasteiger partial charge in [-0.15, -0.1) is 0 Å². The number of rotatable bonds is 4. The second kappa shape index (κ2) is 6.35. The summed E-state index contributed by atoms with van der Waals surface area (Å²) in [6, 6.07) is 1.75. The van der Waals surface area contributed by atoms with Gasteiger partial charge in [0, 0.05) is 38.0 Å². The van der Waals surface area contributed by atoms with Crippen molar-refractivity contribution in [3.8, 4) is 11.8 Å². The van der Waals surface area contributed by atoms with Crippen molar-refractivity contribution in [3.63, 3.8) is 0 Å². The Balaban J connectivity index is 2.04. The summed E-state index contributed by atoms with van der Waals surface area (Å²) >= 11 is 0. The minimum atomic E-state index is -0.00907. The van der Waals surface area contributed by atoms with Crippen molar-refractivity contribution < 1.29 is 9.90 Å². The predicted molar refractivity (Wildman–Crippen MR) is 72.5 cm³/mol. The van der Waals surface area contributed by atoms with Crippen LogP contribution in [0.1, 0.15) is 35.2 Å². The van der Waals surface area contributed by atoms with E-state index in [-0.39, 0.29) is 12.5 Å². The van der Waals surface area contributed by atoms with Crippen LogP contribution < -0.4 is 0 Å². The number of aliphatic hydroxyl groups is 1. The molecule has 1 saturated carbocycles. The zero-order valence-electron chi connectivity index (χ0n) is 11.1. The van der Waals surface area contributed by atoms with Crippen molar-refractivity contribution in [2.45, 2.75) is 19.3 Å². The van der Waals surface area contributed by atoms with Crippen LogP contribution in [0.4, 0.5) is 0 Å². The molecule has 1 fully saturated rings. The van der Waals surface area contributed by atoms with Crippen molar-refractivity contribution in [2.75, 3.05) is 20.2 Å². The van der Waals surface area contributed by atoms with Crippen molar-refractivity contribution in [3.05, 3.63) is 29.6 Å². The van der Waals surface area contributed by atoms with E-state index in [2.05, 4.69) is 16.8 Å². The minimum absolute atomic E-state index is 0.00907. The molecular weight excluding hydrogens is 240 g/mol. The van der Waals surface area contributed by atoms with E-state index in [0.29, 0.717) is 23.5 Å². The number of hydrogen-bond donors (Lipinski definition) is 1. The van der Waals surface area contributed by atoms with Gasteiger partial charge in [-0.25, -0.2) is 0 Å². The van der Waals surface area contributed by atoms with E-state index >= 15 is 0 Å². The first kappa shape index (κ1) is 13.6. The van der Waals surface area contributed by atoms with E-state index in [9.17, 15) is 4.79 Å². The number of aromatic nitrogens is 1. The van der Waals surface area contributed by atoms with E-state index in [1.54, 1.807) is 23.4 Å². The van der Waals surface area contributed by atoms with Crippen LogP contribution in [0.15, 0.2) is 18.5 Å². The van der Waals surface area contributed by atoms with Crippen molar-refractivity contribution in [2.24, 2.45) is 5.92 Å². The Morgan fingerprint density at radius 3 is 3.00 bits per heavy atom. The van der Waals surface area contributed by atoms with E-state index in [0.717, 1.165) is 6.54 Å². The molecule has 0 saturated heterocycles. The molecule has 0 bridgehead atoms. The first-order valence-electron chi connectivity index (χ1n) is 6.51. The van der Waals surface area contributed by atoms with Gasteiger partial charge in [0.25, 0.3) is 5.91 Å². The lowest BCUT2D eigenvalue weighted by Crippen LogP contribution is -2.28. The Bertz CT molecular complexity index is 512. The van der Waals surface area contributed by atoms with Gasteiger partial charge in [0.15, 0.2) is 0 Å². The molecule has 1 amide bonds. The molecule has 1 aromatic rings. The molecule has 19 heavy (non-hydrogen) atoms. The molecule has 0 unspecified atom stereocenters. The van der Waals surface area contributed by atoms with Crippen molar-refractivity contribution in [1.29, 1.82) is 0 Å². The second-order valence-corrected chi connectivity index (χ2v) is 4.87. The lowest BCUT2D eigenvalue weighted by atomic mass is 10.2. The Morgan fingerprint density at radius 2 is 2.32 bits per heavy atom. The van der Waals surface area contributed by atoms with Gasteiger partial charge in [-0.3, -0.25) is 9.78 Å². The lowest BCUT2D eigenvalue weighted by molar-refractivity contribution is 0.0788. The Hall–Kier alpha value is -1.86. The van der Waals surface area contributed by atoms with Gasteiger partial charge in [-0.1, -0.05) is 11.8 Å². The first-order chi connectivity index (χ1) is 9.20. The predicted octanol–water partition coefficient (Wildman–Crippen LogP) is 1.30. The molecule has 1 aromatic heterocycles. The number of pyridine rings is 1. The average molecular weight is 258 g/mol. The van der Waals surface area contributed by atoms with Crippen LogP contribution in [0.2, 0.25) is 0 Å². The summed E-state index contributed by atoms with van der Waals surface area (Å²) in [7, 11) is 1.82. The number of aliphatic hydroxyl groups excluding tert-OH is 1. The topological polar surface area (TPSA) is 53.4 Å². The number of carbonyl (C=O) groups excluding carboxylic acids is 1. The minimum Gasteiger partial charge on any atom is -0.395 e. The van der Waals surface area contributed by atoms with Crippen LogP contribution in [-0.4, -0.2) is 41.1 Å². The Kier molecular flexibility index (Phi) is 4.53. The van der Waals surface area contributed by atoms with Crippen molar-refractivity contribution in [1.82, 2.24) is 9.88 Å². The van der Waals surface area contributed by atoms with Gasteiger partial charge < -0.3 is 10.0 Å². The highest BCUT2D eigenvalue weighted by atomic mass is 16.2. The lowest BCUT2D eigenvalue weighted by Gasteiger charge is -2.16. The van der Waals surface area contributed by atoms with Crippen molar-refractivity contribution >= 4 is 5.91 Å². The third-order valence-corrected chi connectivity index (χ3v) is 3.03. The summed E-state index contributed by atoms with van der Waals surface area (Å²) in [6.45, 7) is 0.864. The Morgan fingerprint density at radius 1 is 1.53 bits per heavy atom. The molecule has 0 aromatic carbocycles. The van der Waals surface area contributed by atoms with E-state index < -0.39 is 0 Å². The van der Waals surface area contributed by atoms with Crippen LogP contribution in [0, 0.1) is 17.8 Å². The maximum atomic E-state index is 12.2. The zero-order chi connectivity index (χ0) is 13.7. The van der Waals surface area contributed by atoms with Crippen LogP contribution >= 0.6 is 0 Å². The van der Waals surface area contributed by atoms with Crippen LogP contribution in [-0.2, 0) is 0 Å².